The van der Waals surface area contributed by atoms with Crippen molar-refractivity contribution in [2.24, 2.45) is 150 Å². The number of hydrogen-bond donors (Lipinski definition) is 12. The van der Waals surface area contributed by atoms with Gasteiger partial charge in [-0.1, -0.05) is 107 Å². The number of aliphatic hydroxyl groups excluding tert-OH is 12. The summed E-state index contributed by atoms with van der Waals surface area (Å²) in [5, 5.41) is 113. The largest absolute Gasteiger partial charge is 0.396 e. The Bertz CT molecular complexity index is 2360. The van der Waals surface area contributed by atoms with E-state index in [4.69, 9.17) is 25.5 Å². The highest BCUT2D eigenvalue weighted by atomic mass is 16.3. The smallest absolute Gasteiger partial charge is 0.0830 e. The summed E-state index contributed by atoms with van der Waals surface area (Å²) < 4.78 is 0. The van der Waals surface area contributed by atoms with Gasteiger partial charge in [0.2, 0.25) is 0 Å². The van der Waals surface area contributed by atoms with Crippen molar-refractivity contribution in [2.45, 2.75) is 286 Å². The Kier molecular flexibility index (Phi) is 22.1. The van der Waals surface area contributed by atoms with Crippen molar-refractivity contribution in [3.63, 3.8) is 0 Å². The number of rotatable bonds is 4. The Labute approximate surface area is 545 Å². The molecule has 0 saturated heterocycles. The molecule has 0 heterocycles. The first-order valence-corrected chi connectivity index (χ1v) is 37.5. The molecule has 12 heteroatoms. The summed E-state index contributed by atoms with van der Waals surface area (Å²) in [6.45, 7) is 25.9. The second-order valence-electron chi connectivity index (χ2n) is 37.2. The molecule has 0 aromatic rings. The van der Waals surface area contributed by atoms with Crippen molar-refractivity contribution in [3.05, 3.63) is 24.3 Å². The molecule has 18 bridgehead atoms. The van der Waals surface area contributed by atoms with Crippen LogP contribution in [0, 0.1) is 150 Å². The van der Waals surface area contributed by atoms with Gasteiger partial charge in [0, 0.05) is 37.8 Å². The molecule has 30 atom stereocenters. The molecule has 18 aliphatic carbocycles. The van der Waals surface area contributed by atoms with Crippen molar-refractivity contribution in [3.8, 4) is 0 Å². The minimum atomic E-state index is -0.399. The van der Waals surface area contributed by atoms with Crippen LogP contribution in [0.3, 0.4) is 0 Å². The molecule has 90 heavy (non-hydrogen) atoms. The Morgan fingerprint density at radius 2 is 0.867 bits per heavy atom. The summed E-state index contributed by atoms with van der Waals surface area (Å²) in [5.74, 6) is 12.6. The lowest BCUT2D eigenvalue weighted by Gasteiger charge is -2.41. The van der Waals surface area contributed by atoms with Crippen molar-refractivity contribution >= 4 is 0 Å². The van der Waals surface area contributed by atoms with Crippen LogP contribution >= 0.6 is 0 Å². The lowest BCUT2D eigenvalue weighted by Crippen LogP contribution is -2.47. The van der Waals surface area contributed by atoms with E-state index in [1.54, 1.807) is 0 Å². The minimum absolute atomic E-state index is 0.00792. The van der Waals surface area contributed by atoms with Gasteiger partial charge in [-0.2, -0.15) is 0 Å². The van der Waals surface area contributed by atoms with Gasteiger partial charge in [0.15, 0.2) is 0 Å². The summed E-state index contributed by atoms with van der Waals surface area (Å²) in [5.41, 5.74) is 0.972. The molecule has 18 rings (SSSR count). The zero-order valence-corrected chi connectivity index (χ0v) is 58.3. The Morgan fingerprint density at radius 1 is 0.356 bits per heavy atom. The highest BCUT2D eigenvalue weighted by molar-refractivity contribution is 5.18. The first-order chi connectivity index (χ1) is 42.3. The Hall–Kier alpha value is -1.00. The van der Waals surface area contributed by atoms with E-state index < -0.39 is 12.2 Å². The van der Waals surface area contributed by atoms with Crippen molar-refractivity contribution in [2.75, 3.05) is 26.4 Å². The molecule has 0 aromatic carbocycles. The molecule has 0 aliphatic heterocycles. The third-order valence-corrected chi connectivity index (χ3v) is 31.8. The molecular formula is C78H134O12. The molecule has 0 amide bonds. The van der Waals surface area contributed by atoms with Crippen LogP contribution in [0.2, 0.25) is 0 Å². The molecule has 16 saturated carbocycles. The van der Waals surface area contributed by atoms with E-state index in [1.165, 1.54) is 109 Å². The van der Waals surface area contributed by atoms with Gasteiger partial charge in [0.05, 0.1) is 48.8 Å². The first kappa shape index (κ1) is 71.8. The molecule has 0 radical (unpaired) electrons. The van der Waals surface area contributed by atoms with Gasteiger partial charge in [0.25, 0.3) is 0 Å². The summed E-state index contributed by atoms with van der Waals surface area (Å²) in [6, 6.07) is 0. The van der Waals surface area contributed by atoms with Gasteiger partial charge in [-0.05, 0) is 293 Å². The fourth-order valence-electron chi connectivity index (χ4n) is 24.7. The second-order valence-corrected chi connectivity index (χ2v) is 37.2. The van der Waals surface area contributed by atoms with Crippen LogP contribution in [0.5, 0.6) is 0 Å². The van der Waals surface area contributed by atoms with Gasteiger partial charge in [0.1, 0.15) is 0 Å². The Balaban J connectivity index is 0.000000112. The van der Waals surface area contributed by atoms with Crippen molar-refractivity contribution < 1.29 is 61.3 Å². The van der Waals surface area contributed by atoms with E-state index in [0.717, 1.165) is 105 Å². The number of fused-ring (bicyclic) bond motifs is 18. The third kappa shape index (κ3) is 13.3. The molecular weight excluding hydrogens is 1130 g/mol. The molecule has 0 aromatic heterocycles. The predicted molar refractivity (Wildman–Crippen MR) is 356 cm³/mol. The number of hydrogen-bond acceptors (Lipinski definition) is 12. The maximum absolute atomic E-state index is 10.3. The number of aliphatic hydroxyl groups is 12. The van der Waals surface area contributed by atoms with Crippen LogP contribution in [0.15, 0.2) is 24.3 Å². The summed E-state index contributed by atoms with van der Waals surface area (Å²) >= 11 is 0. The minimum Gasteiger partial charge on any atom is -0.396 e. The average Bonchev–Trinajstić information content (AvgIpc) is 1.54. The van der Waals surface area contributed by atoms with Crippen LogP contribution in [-0.2, 0) is 0 Å². The van der Waals surface area contributed by atoms with Crippen LogP contribution in [-0.4, -0.2) is 137 Å². The van der Waals surface area contributed by atoms with E-state index in [2.05, 4.69) is 93.5 Å². The van der Waals surface area contributed by atoms with Crippen molar-refractivity contribution in [1.29, 1.82) is 0 Å². The zero-order valence-electron chi connectivity index (χ0n) is 58.3. The van der Waals surface area contributed by atoms with Crippen LogP contribution < -0.4 is 0 Å². The fraction of sp³-hybridized carbons (Fsp3) is 0.949. The van der Waals surface area contributed by atoms with Crippen LogP contribution in [0.1, 0.15) is 237 Å². The molecule has 0 spiro atoms. The van der Waals surface area contributed by atoms with Crippen LogP contribution in [0.25, 0.3) is 0 Å². The standard InChI is InChI=1S/C12H22O.C10H18O2.C10H18O.C9H16O2.C8H14O.C8H12O.C7H12O2.C7H12O.C7H10O/c1-10(2)8-6-7-12(5,9(10)13)11(8,3)4;1-9(2)6-4-7(11)10(3,5-6)8(9)12;1-9(2)7-4-5-10(9,3)8(11)6-7;10-4-8-6-1-2-7(3-6)9(8)5-11;2*9-5-8-4-6-1-2-7(8)3-6;8-6-4-1-2-5(3-4)7(6)9;2*8-7-4-5-1-2-6(7)3-5/h8-9,13H,6-7H2,1-5H3;6-8,11-12H,4-5H2,1-3H3;7-8,11H,4-6H2,1-3H3;6-11H,1-5H2;6-9H,1-5H2;1-2,6-9H,3-5H2;4-9H,1-3H2;5-8H,1-4H2;1-2,5-8H,3-4H2. The third-order valence-electron chi connectivity index (χ3n) is 31.8. The maximum Gasteiger partial charge on any atom is 0.0830 e. The molecule has 518 valence electrons. The normalized spacial score (nSPS) is 51.7. The van der Waals surface area contributed by atoms with E-state index >= 15 is 0 Å². The molecule has 18 aliphatic rings. The van der Waals surface area contributed by atoms with Crippen LogP contribution in [0.4, 0.5) is 0 Å². The highest BCUT2D eigenvalue weighted by Crippen LogP contribution is 2.72. The van der Waals surface area contributed by atoms with Gasteiger partial charge >= 0.3 is 0 Å². The molecule has 16 fully saturated rings. The predicted octanol–water partition coefficient (Wildman–Crippen LogP) is 11.7. The SMILES string of the molecule is CC1(C)C2CC(O)C(C)(C2)C1O.CC1(C)C2CCC(C)(C1O)C2(C)C.CC1(C)C2CCC1(C)C(O)C2.OC1C2CCC(C2)C1O.OC1CC2C=CC1C2.OC1CC2CCC1C2.OCC1C2CCC(C2)C1CO.OCC1CC2C=CC1C2.OCC1CC2CCC1C2. The van der Waals surface area contributed by atoms with Gasteiger partial charge < -0.3 is 61.3 Å². The molecule has 12 nitrogen and oxygen atoms in total. The first-order valence-electron chi connectivity index (χ1n) is 37.5. The summed E-state index contributed by atoms with van der Waals surface area (Å²) in [6.07, 6.45) is 38.0. The fourth-order valence-corrected chi connectivity index (χ4v) is 24.7. The van der Waals surface area contributed by atoms with E-state index in [9.17, 15) is 35.7 Å². The summed E-state index contributed by atoms with van der Waals surface area (Å²) in [7, 11) is 0. The van der Waals surface area contributed by atoms with Gasteiger partial charge in [-0.3, -0.25) is 0 Å². The Morgan fingerprint density at radius 3 is 1.12 bits per heavy atom. The lowest BCUT2D eigenvalue weighted by atomic mass is 9.69. The molecule has 12 N–H and O–H groups in total. The van der Waals surface area contributed by atoms with E-state index in [1.807, 2.05) is 6.92 Å². The van der Waals surface area contributed by atoms with Crippen molar-refractivity contribution in [1.82, 2.24) is 0 Å². The zero-order chi connectivity index (χ0) is 65.4. The topological polar surface area (TPSA) is 243 Å². The molecule has 30 unspecified atom stereocenters. The highest BCUT2D eigenvalue weighted by Gasteiger charge is 2.69. The quantitative estimate of drug-likeness (QED) is 0.118. The van der Waals surface area contributed by atoms with E-state index in [0.29, 0.717) is 83.2 Å². The summed E-state index contributed by atoms with van der Waals surface area (Å²) in [4.78, 5) is 0. The monoisotopic (exact) mass is 1260 g/mol. The van der Waals surface area contributed by atoms with Gasteiger partial charge in [-0.25, -0.2) is 0 Å². The second kappa shape index (κ2) is 27.7. The maximum atomic E-state index is 10.3. The average molecular weight is 1260 g/mol. The van der Waals surface area contributed by atoms with Gasteiger partial charge in [-0.15, -0.1) is 0 Å². The van der Waals surface area contributed by atoms with E-state index in [-0.39, 0.29) is 76.9 Å². The number of allylic oxidation sites excluding steroid dienone is 3. The lowest BCUT2D eigenvalue weighted by molar-refractivity contribution is -0.0971.